The Balaban J connectivity index is 1.70. The summed E-state index contributed by atoms with van der Waals surface area (Å²) in [4.78, 5) is 4.23. The maximum absolute atomic E-state index is 4.23. The predicted molar refractivity (Wildman–Crippen MR) is 94.6 cm³/mol. The first kappa shape index (κ1) is 15.0. The molecule has 2 aromatic rings. The molecule has 2 aliphatic carbocycles. The minimum atomic E-state index is 0.462. The van der Waals surface area contributed by atoms with Crippen LogP contribution in [0.4, 0.5) is 0 Å². The fourth-order valence-corrected chi connectivity index (χ4v) is 5.28. The molecule has 4 rings (SSSR count). The third-order valence-corrected chi connectivity index (χ3v) is 6.09. The normalized spacial score (nSPS) is 26.0. The second-order valence-electron chi connectivity index (χ2n) is 7.72. The summed E-state index contributed by atoms with van der Waals surface area (Å²) in [6.45, 7) is 3.45. The molecule has 2 nitrogen and oxygen atoms in total. The lowest BCUT2D eigenvalue weighted by Gasteiger charge is -2.47. The highest BCUT2D eigenvalue weighted by atomic mass is 15.0. The van der Waals surface area contributed by atoms with Crippen LogP contribution in [0.15, 0.2) is 36.9 Å². The number of hydrogen-bond acceptors (Lipinski definition) is 1. The lowest BCUT2D eigenvalue weighted by Crippen LogP contribution is -2.39. The maximum Gasteiger partial charge on any atom is 0.0945 e. The highest BCUT2D eigenvalue weighted by Crippen LogP contribution is 2.51. The van der Waals surface area contributed by atoms with Crippen LogP contribution < -0.4 is 0 Å². The molecule has 122 valence electrons. The van der Waals surface area contributed by atoms with E-state index in [0.717, 1.165) is 12.5 Å². The molecule has 0 saturated heterocycles. The van der Waals surface area contributed by atoms with Gasteiger partial charge in [-0.3, -0.25) is 0 Å². The van der Waals surface area contributed by atoms with E-state index in [9.17, 15) is 0 Å². The number of rotatable bonds is 5. The molecule has 2 heteroatoms. The first-order valence-electron chi connectivity index (χ1n) is 9.38. The van der Waals surface area contributed by atoms with Crippen LogP contribution in [-0.4, -0.2) is 9.55 Å². The first-order valence-corrected chi connectivity index (χ1v) is 9.38. The average Bonchev–Trinajstić information content (AvgIpc) is 3.06. The zero-order valence-electron chi connectivity index (χ0n) is 14.3. The Hall–Kier alpha value is -1.57. The van der Waals surface area contributed by atoms with Crippen LogP contribution in [0.1, 0.15) is 62.1 Å². The summed E-state index contributed by atoms with van der Waals surface area (Å²) < 4.78 is 2.27. The molecule has 0 fully saturated rings. The number of hydrogen-bond donors (Lipinski definition) is 0. The Labute approximate surface area is 139 Å². The Bertz CT molecular complexity index is 658. The van der Waals surface area contributed by atoms with Crippen molar-refractivity contribution in [3.05, 3.63) is 53.6 Å². The van der Waals surface area contributed by atoms with Gasteiger partial charge in [0.15, 0.2) is 0 Å². The third kappa shape index (κ3) is 2.73. The first-order chi connectivity index (χ1) is 11.3. The van der Waals surface area contributed by atoms with Crippen LogP contribution in [0.25, 0.3) is 0 Å². The van der Waals surface area contributed by atoms with Gasteiger partial charge in [-0.2, -0.15) is 0 Å². The zero-order valence-corrected chi connectivity index (χ0v) is 14.3. The van der Waals surface area contributed by atoms with Gasteiger partial charge in [0.25, 0.3) is 0 Å². The van der Waals surface area contributed by atoms with E-state index in [-0.39, 0.29) is 0 Å². The van der Waals surface area contributed by atoms with E-state index >= 15 is 0 Å². The topological polar surface area (TPSA) is 17.8 Å². The van der Waals surface area contributed by atoms with Crippen LogP contribution in [0.2, 0.25) is 0 Å². The SMILES string of the molecule is CCCCC12CCCc3cccc(c31)CC(Cn1ccnc1)C2. The molecule has 0 spiro atoms. The lowest BCUT2D eigenvalue weighted by atomic mass is 9.58. The van der Waals surface area contributed by atoms with Crippen LogP contribution in [-0.2, 0) is 24.8 Å². The molecule has 0 radical (unpaired) electrons. The van der Waals surface area contributed by atoms with Crippen molar-refractivity contribution in [1.29, 1.82) is 0 Å². The summed E-state index contributed by atoms with van der Waals surface area (Å²) in [5, 5.41) is 0. The van der Waals surface area contributed by atoms with Crippen LogP contribution in [0.3, 0.4) is 0 Å². The van der Waals surface area contributed by atoms with Crippen molar-refractivity contribution < 1.29 is 0 Å². The van der Waals surface area contributed by atoms with Crippen molar-refractivity contribution in [2.24, 2.45) is 5.92 Å². The second-order valence-corrected chi connectivity index (χ2v) is 7.72. The van der Waals surface area contributed by atoms with E-state index in [2.05, 4.69) is 40.9 Å². The average molecular weight is 308 g/mol. The highest BCUT2D eigenvalue weighted by molar-refractivity contribution is 5.45. The van der Waals surface area contributed by atoms with E-state index in [4.69, 9.17) is 0 Å². The van der Waals surface area contributed by atoms with Gasteiger partial charge in [-0.15, -0.1) is 0 Å². The van der Waals surface area contributed by atoms with Crippen molar-refractivity contribution in [2.75, 3.05) is 0 Å². The molecule has 2 unspecified atom stereocenters. The van der Waals surface area contributed by atoms with Crippen LogP contribution in [0.5, 0.6) is 0 Å². The zero-order chi connectivity index (χ0) is 15.7. The number of aryl methyl sites for hydroxylation is 1. The van der Waals surface area contributed by atoms with Crippen molar-refractivity contribution >= 4 is 0 Å². The number of imidazole rings is 1. The fourth-order valence-electron chi connectivity index (χ4n) is 5.28. The Morgan fingerprint density at radius 2 is 2.22 bits per heavy atom. The van der Waals surface area contributed by atoms with Gasteiger partial charge >= 0.3 is 0 Å². The largest absolute Gasteiger partial charge is 0.337 e. The molecule has 1 aromatic carbocycles. The van der Waals surface area contributed by atoms with Crippen LogP contribution in [0, 0.1) is 5.92 Å². The standard InChI is InChI=1S/C21H28N2/c1-2-3-9-21-10-5-8-18-6-4-7-19(20(18)21)13-17(14-21)15-23-12-11-22-16-23/h4,6-7,11-12,16-17H,2-3,5,8-10,13-15H2,1H3. The highest BCUT2D eigenvalue weighted by Gasteiger charge is 2.42. The van der Waals surface area contributed by atoms with Crippen molar-refractivity contribution in [1.82, 2.24) is 9.55 Å². The monoisotopic (exact) mass is 308 g/mol. The van der Waals surface area contributed by atoms with E-state index in [1.807, 2.05) is 12.5 Å². The Kier molecular flexibility index (Phi) is 4.00. The summed E-state index contributed by atoms with van der Waals surface area (Å²) in [7, 11) is 0. The smallest absolute Gasteiger partial charge is 0.0945 e. The summed E-state index contributed by atoms with van der Waals surface area (Å²) in [5.74, 6) is 0.752. The maximum atomic E-state index is 4.23. The van der Waals surface area contributed by atoms with Gasteiger partial charge in [0.05, 0.1) is 6.33 Å². The predicted octanol–water partition coefficient (Wildman–Crippen LogP) is 4.91. The summed E-state index contributed by atoms with van der Waals surface area (Å²) in [5.41, 5.74) is 5.53. The fraction of sp³-hybridized carbons (Fsp3) is 0.571. The molecule has 0 amide bonds. The van der Waals surface area contributed by atoms with Gasteiger partial charge < -0.3 is 4.57 Å². The van der Waals surface area contributed by atoms with Crippen LogP contribution >= 0.6 is 0 Å². The third-order valence-electron chi connectivity index (χ3n) is 6.09. The molecular weight excluding hydrogens is 280 g/mol. The molecule has 0 saturated carbocycles. The molecule has 1 heterocycles. The summed E-state index contributed by atoms with van der Waals surface area (Å²) in [6, 6.07) is 7.10. The van der Waals surface area contributed by atoms with E-state index in [1.165, 1.54) is 51.4 Å². The molecule has 23 heavy (non-hydrogen) atoms. The van der Waals surface area contributed by atoms with Gasteiger partial charge in [0.1, 0.15) is 0 Å². The van der Waals surface area contributed by atoms with Gasteiger partial charge in [-0.1, -0.05) is 38.0 Å². The summed E-state index contributed by atoms with van der Waals surface area (Å²) >= 11 is 0. The Morgan fingerprint density at radius 3 is 3.04 bits per heavy atom. The minimum absolute atomic E-state index is 0.462. The molecule has 0 aliphatic heterocycles. The van der Waals surface area contributed by atoms with E-state index in [0.29, 0.717) is 5.41 Å². The van der Waals surface area contributed by atoms with Crippen molar-refractivity contribution in [2.45, 2.75) is 70.3 Å². The number of benzene rings is 1. The molecule has 2 atom stereocenters. The van der Waals surface area contributed by atoms with Gasteiger partial charge in [-0.25, -0.2) is 4.98 Å². The number of aromatic nitrogens is 2. The number of nitrogens with zero attached hydrogens (tertiary/aromatic N) is 2. The molecular formula is C21H28N2. The minimum Gasteiger partial charge on any atom is -0.337 e. The molecule has 2 aliphatic rings. The molecule has 0 N–H and O–H groups in total. The lowest BCUT2D eigenvalue weighted by molar-refractivity contribution is 0.215. The molecule has 1 aromatic heterocycles. The van der Waals surface area contributed by atoms with Crippen molar-refractivity contribution in [3.63, 3.8) is 0 Å². The summed E-state index contributed by atoms with van der Waals surface area (Å²) in [6.07, 6.45) is 16.7. The van der Waals surface area contributed by atoms with Gasteiger partial charge in [0, 0.05) is 18.9 Å². The van der Waals surface area contributed by atoms with E-state index in [1.54, 1.807) is 16.7 Å². The number of unbranched alkanes of at least 4 members (excludes halogenated alkanes) is 1. The van der Waals surface area contributed by atoms with Gasteiger partial charge in [-0.05, 0) is 66.5 Å². The molecule has 0 bridgehead atoms. The quantitative estimate of drug-likeness (QED) is 0.767. The van der Waals surface area contributed by atoms with Crippen molar-refractivity contribution in [3.8, 4) is 0 Å². The van der Waals surface area contributed by atoms with Gasteiger partial charge in [0.2, 0.25) is 0 Å². The second kappa shape index (κ2) is 6.14. The van der Waals surface area contributed by atoms with E-state index < -0.39 is 0 Å². The Morgan fingerprint density at radius 1 is 1.30 bits per heavy atom.